The highest BCUT2D eigenvalue weighted by Gasteiger charge is 2.21. The predicted molar refractivity (Wildman–Crippen MR) is 51.6 cm³/mol. The lowest BCUT2D eigenvalue weighted by Crippen LogP contribution is -2.13. The maximum atomic E-state index is 13.0. The van der Waals surface area contributed by atoms with E-state index in [1.54, 1.807) is 0 Å². The lowest BCUT2D eigenvalue weighted by Gasteiger charge is -2.22. The molecule has 0 amide bonds. The number of methoxy groups -OCH3 is 1. The lowest BCUT2D eigenvalue weighted by atomic mass is 9.86. The fourth-order valence-electron chi connectivity index (χ4n) is 1.28. The van der Waals surface area contributed by atoms with Gasteiger partial charge in [-0.2, -0.15) is 0 Å². The van der Waals surface area contributed by atoms with Crippen molar-refractivity contribution in [3.05, 3.63) is 29.3 Å². The van der Waals surface area contributed by atoms with Crippen LogP contribution in [0.25, 0.3) is 0 Å². The van der Waals surface area contributed by atoms with Crippen molar-refractivity contribution in [1.82, 2.24) is 0 Å². The minimum atomic E-state index is -0.880. The first-order valence-electron chi connectivity index (χ1n) is 4.40. The predicted octanol–water partition coefficient (Wildman–Crippen LogP) is 3.27. The molecular formula is C11H14F2O. The molecule has 0 aromatic heterocycles. The van der Waals surface area contributed by atoms with E-state index in [1.165, 1.54) is 13.2 Å². The SMILES string of the molecule is COc1cc(F)c(F)cc1C(C)(C)C. The second kappa shape index (κ2) is 3.56. The fourth-order valence-corrected chi connectivity index (χ4v) is 1.28. The first kappa shape index (κ1) is 11.0. The van der Waals surface area contributed by atoms with Crippen LogP contribution in [0.4, 0.5) is 8.78 Å². The molecule has 1 aromatic carbocycles. The van der Waals surface area contributed by atoms with Gasteiger partial charge in [-0.15, -0.1) is 0 Å². The van der Waals surface area contributed by atoms with Crippen LogP contribution in [0.2, 0.25) is 0 Å². The molecule has 0 aliphatic heterocycles. The molecule has 0 saturated heterocycles. The van der Waals surface area contributed by atoms with Crippen LogP contribution in [0.3, 0.4) is 0 Å². The molecule has 3 heteroatoms. The van der Waals surface area contributed by atoms with Crippen LogP contribution in [0.15, 0.2) is 12.1 Å². The Morgan fingerprint density at radius 2 is 1.57 bits per heavy atom. The van der Waals surface area contributed by atoms with Crippen LogP contribution in [-0.2, 0) is 5.41 Å². The Morgan fingerprint density at radius 1 is 1.07 bits per heavy atom. The van der Waals surface area contributed by atoms with Gasteiger partial charge in [-0.3, -0.25) is 0 Å². The van der Waals surface area contributed by atoms with Crippen molar-refractivity contribution < 1.29 is 13.5 Å². The summed E-state index contributed by atoms with van der Waals surface area (Å²) in [6, 6.07) is 2.27. The Morgan fingerprint density at radius 3 is 2.00 bits per heavy atom. The molecule has 0 bridgehead atoms. The minimum absolute atomic E-state index is 0.264. The molecule has 14 heavy (non-hydrogen) atoms. The molecule has 0 radical (unpaired) electrons. The maximum absolute atomic E-state index is 13.0. The van der Waals surface area contributed by atoms with Gasteiger partial charge in [0.25, 0.3) is 0 Å². The van der Waals surface area contributed by atoms with Crippen LogP contribution in [-0.4, -0.2) is 7.11 Å². The smallest absolute Gasteiger partial charge is 0.162 e. The van der Waals surface area contributed by atoms with Gasteiger partial charge in [0.1, 0.15) is 5.75 Å². The van der Waals surface area contributed by atoms with Crippen molar-refractivity contribution in [2.24, 2.45) is 0 Å². The third-order valence-electron chi connectivity index (χ3n) is 2.05. The first-order valence-corrected chi connectivity index (χ1v) is 4.40. The molecule has 0 spiro atoms. The highest BCUT2D eigenvalue weighted by Crippen LogP contribution is 2.32. The standard InChI is InChI=1S/C11H14F2O/c1-11(2,3)7-5-8(12)9(13)6-10(7)14-4/h5-6H,1-4H3. The molecule has 1 aromatic rings. The van der Waals surface area contributed by atoms with Crippen molar-refractivity contribution in [2.75, 3.05) is 7.11 Å². The van der Waals surface area contributed by atoms with Gasteiger partial charge in [-0.05, 0) is 11.5 Å². The quantitative estimate of drug-likeness (QED) is 0.676. The molecule has 0 unspecified atom stereocenters. The van der Waals surface area contributed by atoms with Gasteiger partial charge in [0.15, 0.2) is 11.6 Å². The molecule has 0 atom stereocenters. The summed E-state index contributed by atoms with van der Waals surface area (Å²) >= 11 is 0. The summed E-state index contributed by atoms with van der Waals surface area (Å²) < 4.78 is 30.9. The molecule has 0 fully saturated rings. The van der Waals surface area contributed by atoms with E-state index in [9.17, 15) is 8.78 Å². The average Bonchev–Trinajstić information content (AvgIpc) is 2.07. The van der Waals surface area contributed by atoms with E-state index in [4.69, 9.17) is 4.74 Å². The second-order valence-corrected chi connectivity index (χ2v) is 4.22. The van der Waals surface area contributed by atoms with Crippen LogP contribution in [0.1, 0.15) is 26.3 Å². The number of hydrogen-bond acceptors (Lipinski definition) is 1. The normalized spacial score (nSPS) is 11.6. The van der Waals surface area contributed by atoms with E-state index in [-0.39, 0.29) is 5.41 Å². The third kappa shape index (κ3) is 2.03. The number of benzene rings is 1. The average molecular weight is 200 g/mol. The molecule has 0 saturated carbocycles. The Hall–Kier alpha value is -1.12. The van der Waals surface area contributed by atoms with E-state index < -0.39 is 11.6 Å². The van der Waals surface area contributed by atoms with Gasteiger partial charge in [0.05, 0.1) is 7.11 Å². The Labute approximate surface area is 82.7 Å². The maximum Gasteiger partial charge on any atom is 0.162 e. The summed E-state index contributed by atoms with van der Waals surface area (Å²) in [7, 11) is 1.45. The number of ether oxygens (including phenoxy) is 1. The lowest BCUT2D eigenvalue weighted by molar-refractivity contribution is 0.388. The van der Waals surface area contributed by atoms with E-state index in [1.807, 2.05) is 20.8 Å². The fraction of sp³-hybridized carbons (Fsp3) is 0.455. The number of halogens is 2. The zero-order valence-corrected chi connectivity index (χ0v) is 8.82. The van der Waals surface area contributed by atoms with Crippen LogP contribution in [0.5, 0.6) is 5.75 Å². The topological polar surface area (TPSA) is 9.23 Å². The summed E-state index contributed by atoms with van der Waals surface area (Å²) in [4.78, 5) is 0. The zero-order valence-electron chi connectivity index (χ0n) is 8.82. The molecule has 1 nitrogen and oxygen atoms in total. The van der Waals surface area contributed by atoms with E-state index >= 15 is 0 Å². The molecular weight excluding hydrogens is 186 g/mol. The highest BCUT2D eigenvalue weighted by molar-refractivity contribution is 5.39. The molecule has 0 heterocycles. The van der Waals surface area contributed by atoms with Gasteiger partial charge < -0.3 is 4.74 Å². The van der Waals surface area contributed by atoms with Crippen molar-refractivity contribution in [3.8, 4) is 5.75 Å². The summed E-state index contributed by atoms with van der Waals surface area (Å²) in [5.74, 6) is -1.33. The second-order valence-electron chi connectivity index (χ2n) is 4.22. The molecule has 0 aliphatic rings. The molecule has 1 rings (SSSR count). The van der Waals surface area contributed by atoms with E-state index in [2.05, 4.69) is 0 Å². The Balaban J connectivity index is 3.35. The van der Waals surface area contributed by atoms with E-state index in [0.29, 0.717) is 11.3 Å². The summed E-state index contributed by atoms with van der Waals surface area (Å²) in [5, 5.41) is 0. The largest absolute Gasteiger partial charge is 0.496 e. The molecule has 0 N–H and O–H groups in total. The van der Waals surface area contributed by atoms with Gasteiger partial charge in [0, 0.05) is 11.6 Å². The monoisotopic (exact) mass is 200 g/mol. The van der Waals surface area contributed by atoms with Crippen molar-refractivity contribution in [2.45, 2.75) is 26.2 Å². The van der Waals surface area contributed by atoms with Gasteiger partial charge in [-0.25, -0.2) is 8.78 Å². The van der Waals surface area contributed by atoms with Crippen LogP contribution < -0.4 is 4.74 Å². The number of rotatable bonds is 1. The van der Waals surface area contributed by atoms with Crippen molar-refractivity contribution in [1.29, 1.82) is 0 Å². The Kier molecular flexibility index (Phi) is 2.79. The summed E-state index contributed by atoms with van der Waals surface area (Å²) in [6.07, 6.45) is 0. The molecule has 0 aliphatic carbocycles. The minimum Gasteiger partial charge on any atom is -0.496 e. The number of hydrogen-bond donors (Lipinski definition) is 0. The Bertz CT molecular complexity index is 340. The van der Waals surface area contributed by atoms with Gasteiger partial charge >= 0.3 is 0 Å². The van der Waals surface area contributed by atoms with Gasteiger partial charge in [-0.1, -0.05) is 20.8 Å². The van der Waals surface area contributed by atoms with Crippen LogP contribution in [0, 0.1) is 11.6 Å². The zero-order chi connectivity index (χ0) is 10.9. The first-order chi connectivity index (χ1) is 6.36. The van der Waals surface area contributed by atoms with Gasteiger partial charge in [0.2, 0.25) is 0 Å². The van der Waals surface area contributed by atoms with Crippen molar-refractivity contribution >= 4 is 0 Å². The van der Waals surface area contributed by atoms with Crippen molar-refractivity contribution in [3.63, 3.8) is 0 Å². The summed E-state index contributed by atoms with van der Waals surface area (Å²) in [5.41, 5.74) is 0.402. The van der Waals surface area contributed by atoms with E-state index in [0.717, 1.165) is 6.07 Å². The third-order valence-corrected chi connectivity index (χ3v) is 2.05. The molecule has 78 valence electrons. The highest BCUT2D eigenvalue weighted by atomic mass is 19.2. The summed E-state index contributed by atoms with van der Waals surface area (Å²) in [6.45, 7) is 5.76. The van der Waals surface area contributed by atoms with Crippen LogP contribution >= 0.6 is 0 Å².